The fourth-order valence-electron chi connectivity index (χ4n) is 3.59. The predicted octanol–water partition coefficient (Wildman–Crippen LogP) is 2.75. The number of benzene rings is 1. The zero-order valence-electron chi connectivity index (χ0n) is 11.4. The highest BCUT2D eigenvalue weighted by molar-refractivity contribution is 5.34. The average molecular weight is 244 g/mol. The molecule has 1 saturated heterocycles. The van der Waals surface area contributed by atoms with E-state index in [1.54, 1.807) is 11.1 Å². The van der Waals surface area contributed by atoms with Crippen molar-refractivity contribution in [1.29, 1.82) is 0 Å². The summed E-state index contributed by atoms with van der Waals surface area (Å²) in [5.74, 6) is 0. The summed E-state index contributed by atoms with van der Waals surface area (Å²) in [6.07, 6.45) is 5.27. The number of hydrogen-bond acceptors (Lipinski definition) is 2. The molecule has 0 spiro atoms. The second kappa shape index (κ2) is 5.41. The molecular weight excluding hydrogens is 220 g/mol. The van der Waals surface area contributed by atoms with Gasteiger partial charge in [0.05, 0.1) is 0 Å². The molecule has 0 radical (unpaired) electrons. The Bertz CT molecular complexity index is 396. The van der Waals surface area contributed by atoms with Gasteiger partial charge in [0.2, 0.25) is 0 Å². The van der Waals surface area contributed by atoms with E-state index < -0.39 is 0 Å². The van der Waals surface area contributed by atoms with Crippen LogP contribution < -0.4 is 5.32 Å². The van der Waals surface area contributed by atoms with Crippen molar-refractivity contribution >= 4 is 0 Å². The molecule has 2 aliphatic rings. The van der Waals surface area contributed by atoms with E-state index in [1.807, 2.05) is 0 Å². The third kappa shape index (κ3) is 2.32. The molecule has 2 unspecified atom stereocenters. The highest BCUT2D eigenvalue weighted by atomic mass is 15.2. The highest BCUT2D eigenvalue weighted by Crippen LogP contribution is 2.35. The van der Waals surface area contributed by atoms with E-state index in [0.29, 0.717) is 6.04 Å². The van der Waals surface area contributed by atoms with E-state index >= 15 is 0 Å². The van der Waals surface area contributed by atoms with Crippen molar-refractivity contribution < 1.29 is 0 Å². The highest BCUT2D eigenvalue weighted by Gasteiger charge is 2.28. The number of likely N-dealkylation sites (N-methyl/N-ethyl adjacent to an activating group) is 1. The lowest BCUT2D eigenvalue weighted by Crippen LogP contribution is -2.39. The van der Waals surface area contributed by atoms with Gasteiger partial charge in [-0.2, -0.15) is 0 Å². The molecule has 1 N–H and O–H groups in total. The van der Waals surface area contributed by atoms with Crippen molar-refractivity contribution in [3.8, 4) is 0 Å². The van der Waals surface area contributed by atoms with E-state index in [1.165, 1.54) is 38.8 Å². The van der Waals surface area contributed by atoms with Gasteiger partial charge in [0, 0.05) is 18.6 Å². The van der Waals surface area contributed by atoms with Gasteiger partial charge in [-0.25, -0.2) is 0 Å². The topological polar surface area (TPSA) is 15.3 Å². The van der Waals surface area contributed by atoms with Crippen molar-refractivity contribution in [3.05, 3.63) is 35.4 Å². The summed E-state index contributed by atoms with van der Waals surface area (Å²) < 4.78 is 0. The summed E-state index contributed by atoms with van der Waals surface area (Å²) in [7, 11) is 0. The molecule has 1 heterocycles. The second-order valence-corrected chi connectivity index (χ2v) is 5.63. The largest absolute Gasteiger partial charge is 0.313 e. The van der Waals surface area contributed by atoms with E-state index in [2.05, 4.69) is 41.4 Å². The maximum absolute atomic E-state index is 3.63. The summed E-state index contributed by atoms with van der Waals surface area (Å²) >= 11 is 0. The Labute approximate surface area is 110 Å². The standard InChI is InChI=1S/C16H24N2/c1-2-18(12-14-7-5-11-17-14)16-10-9-13-6-3-4-8-15(13)16/h3-4,6,8,14,16-17H,2,5,7,9-12H2,1H3. The van der Waals surface area contributed by atoms with Crippen LogP contribution in [0, 0.1) is 0 Å². The number of hydrogen-bond donors (Lipinski definition) is 1. The summed E-state index contributed by atoms with van der Waals surface area (Å²) in [6, 6.07) is 10.4. The Kier molecular flexibility index (Phi) is 3.67. The Balaban J connectivity index is 1.72. The Morgan fingerprint density at radius 3 is 2.94 bits per heavy atom. The molecule has 2 heteroatoms. The lowest BCUT2D eigenvalue weighted by atomic mass is 10.1. The first-order chi connectivity index (χ1) is 8.88. The summed E-state index contributed by atoms with van der Waals surface area (Å²) in [6.45, 7) is 5.89. The molecule has 1 aliphatic heterocycles. The van der Waals surface area contributed by atoms with Crippen molar-refractivity contribution in [2.75, 3.05) is 19.6 Å². The van der Waals surface area contributed by atoms with Crippen molar-refractivity contribution in [1.82, 2.24) is 10.2 Å². The van der Waals surface area contributed by atoms with Gasteiger partial charge < -0.3 is 5.32 Å². The molecular formula is C16H24N2. The third-order valence-electron chi connectivity index (χ3n) is 4.57. The van der Waals surface area contributed by atoms with Gasteiger partial charge in [0.1, 0.15) is 0 Å². The second-order valence-electron chi connectivity index (χ2n) is 5.63. The van der Waals surface area contributed by atoms with E-state index in [4.69, 9.17) is 0 Å². The van der Waals surface area contributed by atoms with E-state index in [0.717, 1.165) is 12.6 Å². The fourth-order valence-corrected chi connectivity index (χ4v) is 3.59. The molecule has 98 valence electrons. The van der Waals surface area contributed by atoms with Crippen LogP contribution in [0.4, 0.5) is 0 Å². The Hall–Kier alpha value is -0.860. The maximum Gasteiger partial charge on any atom is 0.0354 e. The van der Waals surface area contributed by atoms with Crippen LogP contribution in [0.2, 0.25) is 0 Å². The van der Waals surface area contributed by atoms with Gasteiger partial charge in [-0.3, -0.25) is 4.90 Å². The normalized spacial score (nSPS) is 26.8. The molecule has 0 aromatic heterocycles. The lowest BCUT2D eigenvalue weighted by Gasteiger charge is -2.30. The average Bonchev–Trinajstić information content (AvgIpc) is 3.05. The van der Waals surface area contributed by atoms with Crippen LogP contribution in [-0.4, -0.2) is 30.6 Å². The zero-order valence-corrected chi connectivity index (χ0v) is 11.4. The number of rotatable bonds is 4. The first kappa shape index (κ1) is 12.2. The van der Waals surface area contributed by atoms with Crippen LogP contribution >= 0.6 is 0 Å². The minimum Gasteiger partial charge on any atom is -0.313 e. The SMILES string of the molecule is CCN(CC1CCCN1)C1CCc2ccccc21. The van der Waals surface area contributed by atoms with E-state index in [9.17, 15) is 0 Å². The predicted molar refractivity (Wildman–Crippen MR) is 75.8 cm³/mol. The molecule has 3 rings (SSSR count). The van der Waals surface area contributed by atoms with Gasteiger partial charge in [-0.15, -0.1) is 0 Å². The molecule has 1 aliphatic carbocycles. The number of fused-ring (bicyclic) bond motifs is 1. The fraction of sp³-hybridized carbons (Fsp3) is 0.625. The first-order valence-corrected chi connectivity index (χ1v) is 7.43. The first-order valence-electron chi connectivity index (χ1n) is 7.43. The Morgan fingerprint density at radius 2 is 2.17 bits per heavy atom. The van der Waals surface area contributed by atoms with Crippen molar-refractivity contribution in [2.24, 2.45) is 0 Å². The molecule has 1 fully saturated rings. The smallest absolute Gasteiger partial charge is 0.0354 e. The van der Waals surface area contributed by atoms with Crippen LogP contribution in [0.1, 0.15) is 43.4 Å². The summed E-state index contributed by atoms with van der Waals surface area (Å²) in [5, 5.41) is 3.63. The molecule has 0 saturated carbocycles. The molecule has 18 heavy (non-hydrogen) atoms. The molecule has 2 nitrogen and oxygen atoms in total. The zero-order chi connectivity index (χ0) is 12.4. The van der Waals surface area contributed by atoms with Gasteiger partial charge in [-0.1, -0.05) is 31.2 Å². The van der Waals surface area contributed by atoms with Gasteiger partial charge >= 0.3 is 0 Å². The van der Waals surface area contributed by atoms with Crippen LogP contribution in [0.15, 0.2) is 24.3 Å². The minimum absolute atomic E-state index is 0.661. The van der Waals surface area contributed by atoms with Crippen molar-refractivity contribution in [3.63, 3.8) is 0 Å². The maximum atomic E-state index is 3.63. The number of aryl methyl sites for hydroxylation is 1. The summed E-state index contributed by atoms with van der Waals surface area (Å²) in [4.78, 5) is 2.68. The van der Waals surface area contributed by atoms with Gasteiger partial charge in [0.15, 0.2) is 0 Å². The molecule has 0 amide bonds. The molecule has 1 aromatic carbocycles. The Morgan fingerprint density at radius 1 is 1.28 bits per heavy atom. The van der Waals surface area contributed by atoms with Gasteiger partial charge in [-0.05, 0) is 49.9 Å². The number of nitrogens with zero attached hydrogens (tertiary/aromatic N) is 1. The molecule has 0 bridgehead atoms. The minimum atomic E-state index is 0.661. The quantitative estimate of drug-likeness (QED) is 0.876. The van der Waals surface area contributed by atoms with Crippen LogP contribution in [-0.2, 0) is 6.42 Å². The van der Waals surface area contributed by atoms with Crippen molar-refractivity contribution in [2.45, 2.75) is 44.7 Å². The molecule has 1 aromatic rings. The number of nitrogens with one attached hydrogen (secondary N) is 1. The third-order valence-corrected chi connectivity index (χ3v) is 4.57. The van der Waals surface area contributed by atoms with E-state index in [-0.39, 0.29) is 0 Å². The molecule has 2 atom stereocenters. The van der Waals surface area contributed by atoms with Gasteiger partial charge in [0.25, 0.3) is 0 Å². The summed E-state index contributed by atoms with van der Waals surface area (Å²) in [5.41, 5.74) is 3.15. The lowest BCUT2D eigenvalue weighted by molar-refractivity contribution is 0.189. The monoisotopic (exact) mass is 244 g/mol. The van der Waals surface area contributed by atoms with Crippen LogP contribution in [0.3, 0.4) is 0 Å². The van der Waals surface area contributed by atoms with Crippen LogP contribution in [0.5, 0.6) is 0 Å². The van der Waals surface area contributed by atoms with Crippen LogP contribution in [0.25, 0.3) is 0 Å².